The summed E-state index contributed by atoms with van der Waals surface area (Å²) >= 11 is 0. The van der Waals surface area contributed by atoms with E-state index in [0.29, 0.717) is 65.1 Å². The van der Waals surface area contributed by atoms with Crippen LogP contribution in [0.5, 0.6) is 5.75 Å². The zero-order valence-corrected chi connectivity index (χ0v) is 43.6. The minimum atomic E-state index is -1.77. The summed E-state index contributed by atoms with van der Waals surface area (Å²) in [6, 6.07) is 7.78. The first kappa shape index (κ1) is 59.7. The third-order valence-corrected chi connectivity index (χ3v) is 10.6. The van der Waals surface area contributed by atoms with Gasteiger partial charge in [-0.1, -0.05) is 37.1 Å². The van der Waals surface area contributed by atoms with Crippen LogP contribution in [0.25, 0.3) is 0 Å². The summed E-state index contributed by atoms with van der Waals surface area (Å²) in [5.74, 6) is -10.9. The van der Waals surface area contributed by atoms with E-state index < -0.39 is 81.3 Å². The van der Waals surface area contributed by atoms with Crippen LogP contribution in [0.15, 0.2) is 30.3 Å². The lowest BCUT2D eigenvalue weighted by molar-refractivity contribution is -0.160. The second-order valence-electron chi connectivity index (χ2n) is 22.0. The molecule has 0 amide bonds. The fourth-order valence-corrected chi connectivity index (χ4v) is 7.69. The van der Waals surface area contributed by atoms with Gasteiger partial charge in [0.25, 0.3) is 0 Å². The number of esters is 5. The van der Waals surface area contributed by atoms with E-state index >= 15 is 0 Å². The van der Waals surface area contributed by atoms with Crippen LogP contribution in [0, 0.1) is 23.3 Å². The number of hydrogen-bond acceptors (Lipinski definition) is 14. The predicted molar refractivity (Wildman–Crippen MR) is 257 cm³/mol. The van der Waals surface area contributed by atoms with E-state index in [1.807, 2.05) is 43.9 Å². The number of halogens is 4. The highest BCUT2D eigenvalue weighted by molar-refractivity contribution is 5.74. The number of ether oxygens (including phenoxy) is 5. The van der Waals surface area contributed by atoms with Gasteiger partial charge in [-0.05, 0) is 120 Å². The van der Waals surface area contributed by atoms with Crippen LogP contribution in [-0.2, 0) is 55.8 Å². The van der Waals surface area contributed by atoms with Crippen molar-refractivity contribution in [3.8, 4) is 5.75 Å². The van der Waals surface area contributed by atoms with Gasteiger partial charge >= 0.3 is 29.8 Å². The molecular weight excluding hydrogens is 917 g/mol. The standard InChI is InChI=1S/C52H78F4N4O10/c1-49(2,3)67-42(62)32-57-23-24-58(33-43(63)68-50(4,5)6)27-28-60(35-45(65)70-52(10,11)12)38(31-59(26-25-57)34-44(64)69-51(7,8)9)29-37-21-19-36(20-22-37)17-15-13-14-16-18-41(61)66-48-46(55)39(53)30-40(54)47(48)56/h19-22,30,38H,13-18,23-29,31-35H2,1-12H3/t38-/m0/s1. The van der Waals surface area contributed by atoms with E-state index in [0.717, 1.165) is 30.4 Å². The van der Waals surface area contributed by atoms with E-state index in [4.69, 9.17) is 18.9 Å². The number of benzene rings is 2. The summed E-state index contributed by atoms with van der Waals surface area (Å²) < 4.78 is 82.6. The summed E-state index contributed by atoms with van der Waals surface area (Å²) in [7, 11) is 0. The van der Waals surface area contributed by atoms with Crippen LogP contribution >= 0.6 is 0 Å². The summed E-state index contributed by atoms with van der Waals surface area (Å²) in [5, 5.41) is 0. The van der Waals surface area contributed by atoms with Crippen molar-refractivity contribution in [1.29, 1.82) is 0 Å². The molecule has 394 valence electrons. The lowest BCUT2D eigenvalue weighted by Crippen LogP contribution is -2.54. The van der Waals surface area contributed by atoms with Crippen molar-refractivity contribution in [3.05, 3.63) is 64.7 Å². The van der Waals surface area contributed by atoms with Gasteiger partial charge in [-0.2, -0.15) is 8.78 Å². The Morgan fingerprint density at radius 3 is 1.34 bits per heavy atom. The molecule has 0 aromatic heterocycles. The highest BCUT2D eigenvalue weighted by atomic mass is 19.2. The normalized spacial score (nSPS) is 16.7. The smallest absolute Gasteiger partial charge is 0.320 e. The zero-order valence-electron chi connectivity index (χ0n) is 43.6. The van der Waals surface area contributed by atoms with Crippen LogP contribution in [0.1, 0.15) is 126 Å². The molecule has 0 spiro atoms. The Labute approximate surface area is 412 Å². The van der Waals surface area contributed by atoms with E-state index in [9.17, 15) is 41.5 Å². The lowest BCUT2D eigenvalue weighted by atomic mass is 9.99. The van der Waals surface area contributed by atoms with Crippen molar-refractivity contribution in [2.75, 3.05) is 72.0 Å². The molecule has 70 heavy (non-hydrogen) atoms. The fourth-order valence-electron chi connectivity index (χ4n) is 7.69. The largest absolute Gasteiger partial charge is 0.459 e. The fraction of sp³-hybridized carbons (Fsp3) is 0.673. The summed E-state index contributed by atoms with van der Waals surface area (Å²) in [6.45, 7) is 24.0. The minimum Gasteiger partial charge on any atom is -0.459 e. The predicted octanol–water partition coefficient (Wildman–Crippen LogP) is 7.84. The van der Waals surface area contributed by atoms with Gasteiger partial charge in [-0.25, -0.2) is 8.78 Å². The average molecular weight is 995 g/mol. The Morgan fingerprint density at radius 1 is 0.500 bits per heavy atom. The molecular formula is C52H78F4N4O10. The highest BCUT2D eigenvalue weighted by Crippen LogP contribution is 2.27. The molecule has 2 aromatic rings. The minimum absolute atomic E-state index is 0.0150. The first-order chi connectivity index (χ1) is 32.3. The second kappa shape index (κ2) is 26.7. The first-order valence-corrected chi connectivity index (χ1v) is 24.2. The number of hydrogen-bond donors (Lipinski definition) is 0. The molecule has 18 heteroatoms. The third-order valence-electron chi connectivity index (χ3n) is 10.6. The van der Waals surface area contributed by atoms with Crippen LogP contribution in [-0.4, -0.2) is 150 Å². The number of unbranched alkanes of at least 4 members (excludes halogenated alkanes) is 3. The molecule has 14 nitrogen and oxygen atoms in total. The first-order valence-electron chi connectivity index (χ1n) is 24.2. The molecule has 3 rings (SSSR count). The third kappa shape index (κ3) is 24.0. The summed E-state index contributed by atoms with van der Waals surface area (Å²) in [6.07, 6.45) is 3.41. The lowest BCUT2D eigenvalue weighted by Gasteiger charge is -2.39. The van der Waals surface area contributed by atoms with Gasteiger partial charge in [-0.3, -0.25) is 43.6 Å². The van der Waals surface area contributed by atoms with Gasteiger partial charge in [0, 0.05) is 64.3 Å². The average Bonchev–Trinajstić information content (AvgIpc) is 3.19. The van der Waals surface area contributed by atoms with Gasteiger partial charge < -0.3 is 23.7 Å². The second-order valence-corrected chi connectivity index (χ2v) is 22.0. The van der Waals surface area contributed by atoms with Crippen LogP contribution in [0.3, 0.4) is 0 Å². The van der Waals surface area contributed by atoms with Crippen LogP contribution in [0.2, 0.25) is 0 Å². The van der Waals surface area contributed by atoms with Gasteiger partial charge in [0.15, 0.2) is 11.6 Å². The Balaban J connectivity index is 1.88. The molecule has 1 fully saturated rings. The number of carbonyl (C=O) groups excluding carboxylic acids is 5. The molecule has 1 aliphatic rings. The van der Waals surface area contributed by atoms with E-state index in [-0.39, 0.29) is 44.7 Å². The molecule has 0 unspecified atom stereocenters. The molecule has 0 saturated carbocycles. The summed E-state index contributed by atoms with van der Waals surface area (Å²) in [4.78, 5) is 73.9. The molecule has 1 saturated heterocycles. The van der Waals surface area contributed by atoms with E-state index in [2.05, 4.69) is 4.74 Å². The van der Waals surface area contributed by atoms with Crippen molar-refractivity contribution in [3.63, 3.8) is 0 Å². The molecule has 0 bridgehead atoms. The Bertz CT molecular complexity index is 2020. The molecule has 0 N–H and O–H groups in total. The molecule has 2 aromatic carbocycles. The number of nitrogens with zero attached hydrogens (tertiary/aromatic N) is 4. The van der Waals surface area contributed by atoms with Crippen molar-refractivity contribution >= 4 is 29.8 Å². The van der Waals surface area contributed by atoms with Gasteiger partial charge in [0.2, 0.25) is 17.4 Å². The summed E-state index contributed by atoms with van der Waals surface area (Å²) in [5.41, 5.74) is -0.882. The van der Waals surface area contributed by atoms with Crippen LogP contribution in [0.4, 0.5) is 17.6 Å². The Morgan fingerprint density at radius 2 is 0.886 bits per heavy atom. The maximum absolute atomic E-state index is 13.9. The van der Waals surface area contributed by atoms with Gasteiger partial charge in [0.05, 0.1) is 26.2 Å². The van der Waals surface area contributed by atoms with Crippen molar-refractivity contribution in [2.24, 2.45) is 0 Å². The van der Waals surface area contributed by atoms with Gasteiger partial charge in [0.1, 0.15) is 22.4 Å². The maximum atomic E-state index is 13.9. The monoisotopic (exact) mass is 995 g/mol. The molecule has 1 heterocycles. The van der Waals surface area contributed by atoms with E-state index in [1.165, 1.54) is 0 Å². The SMILES string of the molecule is CC(C)(C)OC(=O)CN1CCN(CC(=O)OC(C)(C)C)CCN(CC(=O)OC(C)(C)C)[C@@H](Cc2ccc(CCCCCCC(=O)Oc3c(F)c(F)cc(F)c3F)cc2)CN(CC(=O)OC(C)(C)C)CC1. The number of rotatable bonds is 18. The molecule has 1 aliphatic heterocycles. The van der Waals surface area contributed by atoms with Crippen molar-refractivity contribution in [2.45, 2.75) is 156 Å². The highest BCUT2D eigenvalue weighted by Gasteiger charge is 2.31. The van der Waals surface area contributed by atoms with Gasteiger partial charge in [-0.15, -0.1) is 0 Å². The Hall–Kier alpha value is -4.65. The van der Waals surface area contributed by atoms with Crippen LogP contribution < -0.4 is 4.74 Å². The molecule has 0 aliphatic carbocycles. The van der Waals surface area contributed by atoms with E-state index in [1.54, 1.807) is 83.1 Å². The number of aryl methyl sites for hydroxylation is 1. The zero-order chi connectivity index (χ0) is 52.6. The Kier molecular flexibility index (Phi) is 22.8. The maximum Gasteiger partial charge on any atom is 0.320 e. The quantitative estimate of drug-likeness (QED) is 0.0357. The molecule has 1 atom stereocenters. The molecule has 0 radical (unpaired) electrons. The van der Waals surface area contributed by atoms with Crippen molar-refractivity contribution in [1.82, 2.24) is 19.6 Å². The number of carbonyl (C=O) groups is 5. The van der Waals surface area contributed by atoms with Crippen molar-refractivity contribution < 1.29 is 65.2 Å². The topological polar surface area (TPSA) is 144 Å².